The topological polar surface area (TPSA) is 82.6 Å². The van der Waals surface area contributed by atoms with E-state index in [1.165, 1.54) is 12.1 Å². The van der Waals surface area contributed by atoms with Crippen LogP contribution in [-0.2, 0) is 6.18 Å². The number of nitrogens with zero attached hydrogens (tertiary/aromatic N) is 7. The molecule has 8 nitrogen and oxygen atoms in total. The van der Waals surface area contributed by atoms with Crippen molar-refractivity contribution >= 4 is 22.4 Å². The monoisotopic (exact) mass is 521 g/mol. The van der Waals surface area contributed by atoms with Gasteiger partial charge in [-0.05, 0) is 42.7 Å². The molecule has 2 aliphatic rings. The lowest BCUT2D eigenvalue weighted by molar-refractivity contribution is -0.137. The van der Waals surface area contributed by atoms with Crippen molar-refractivity contribution in [2.45, 2.75) is 51.0 Å². The molecule has 38 heavy (non-hydrogen) atoms. The minimum Gasteiger partial charge on any atom is -0.485 e. The highest BCUT2D eigenvalue weighted by molar-refractivity contribution is 5.97. The summed E-state index contributed by atoms with van der Waals surface area (Å²) in [5.74, 6) is 0.604. The van der Waals surface area contributed by atoms with E-state index >= 15 is 0 Å². The molecule has 0 unspecified atom stereocenters. The first kappa shape index (κ1) is 24.4. The molecule has 6 rings (SSSR count). The summed E-state index contributed by atoms with van der Waals surface area (Å²) in [5, 5.41) is 17.9. The molecule has 11 heteroatoms. The van der Waals surface area contributed by atoms with Crippen molar-refractivity contribution in [2.24, 2.45) is 0 Å². The number of pyridine rings is 2. The Morgan fingerprint density at radius 3 is 2.61 bits per heavy atom. The second-order valence-corrected chi connectivity index (χ2v) is 9.80. The van der Waals surface area contributed by atoms with Gasteiger partial charge in [-0.25, -0.2) is 4.98 Å². The molecule has 5 heterocycles. The lowest BCUT2D eigenvalue weighted by atomic mass is 9.94. The maximum atomic E-state index is 13.2. The zero-order valence-corrected chi connectivity index (χ0v) is 21.0. The number of anilines is 1. The molecule has 0 saturated carbocycles. The number of aromatic nitrogens is 4. The van der Waals surface area contributed by atoms with Crippen LogP contribution in [0.5, 0.6) is 5.75 Å². The Labute approximate surface area is 217 Å². The number of rotatable bonds is 4. The van der Waals surface area contributed by atoms with Gasteiger partial charge in [-0.15, -0.1) is 10.2 Å². The molecule has 0 radical (unpaired) electrons. The van der Waals surface area contributed by atoms with E-state index in [9.17, 15) is 18.4 Å². The molecule has 3 aromatic heterocycles. The number of ether oxygens (including phenoxy) is 1. The third-order valence-corrected chi connectivity index (χ3v) is 7.77. The number of alkyl halides is 3. The number of piperazine rings is 1. The van der Waals surface area contributed by atoms with Gasteiger partial charge in [-0.1, -0.05) is 26.0 Å². The van der Waals surface area contributed by atoms with E-state index in [-0.39, 0.29) is 18.1 Å². The Morgan fingerprint density at radius 1 is 1.13 bits per heavy atom. The Balaban J connectivity index is 1.40. The highest BCUT2D eigenvalue weighted by Crippen LogP contribution is 2.45. The molecule has 0 spiro atoms. The van der Waals surface area contributed by atoms with Crippen LogP contribution in [0.25, 0.3) is 16.7 Å². The van der Waals surface area contributed by atoms with Gasteiger partial charge in [0, 0.05) is 25.2 Å². The van der Waals surface area contributed by atoms with Gasteiger partial charge in [-0.3, -0.25) is 9.30 Å². The molecule has 0 bridgehead atoms. The highest BCUT2D eigenvalue weighted by Gasteiger charge is 2.42. The molecular formula is C27H26F3N7O. The number of benzene rings is 1. The lowest BCUT2D eigenvalue weighted by Crippen LogP contribution is -2.62. The predicted molar refractivity (Wildman–Crippen MR) is 135 cm³/mol. The van der Waals surface area contributed by atoms with Crippen LogP contribution in [0.3, 0.4) is 0 Å². The first-order valence-corrected chi connectivity index (χ1v) is 12.7. The van der Waals surface area contributed by atoms with Crippen LogP contribution in [0.4, 0.5) is 18.9 Å². The first-order chi connectivity index (χ1) is 18.3. The average molecular weight is 522 g/mol. The van der Waals surface area contributed by atoms with Crippen molar-refractivity contribution in [1.82, 2.24) is 24.5 Å². The van der Waals surface area contributed by atoms with Crippen LogP contribution in [0.1, 0.15) is 49.6 Å². The molecule has 196 valence electrons. The summed E-state index contributed by atoms with van der Waals surface area (Å²) in [6.45, 7) is 5.98. The molecule has 0 aliphatic carbocycles. The molecule has 1 saturated heterocycles. The van der Waals surface area contributed by atoms with Crippen molar-refractivity contribution in [3.05, 3.63) is 59.5 Å². The predicted octanol–water partition coefficient (Wildman–Crippen LogP) is 4.98. The third kappa shape index (κ3) is 3.82. The highest BCUT2D eigenvalue weighted by atomic mass is 19.4. The van der Waals surface area contributed by atoms with E-state index in [0.29, 0.717) is 42.3 Å². The number of fused-ring (bicyclic) bond motifs is 8. The summed E-state index contributed by atoms with van der Waals surface area (Å²) in [6.07, 6.45) is -1.12. The van der Waals surface area contributed by atoms with Crippen LogP contribution < -0.4 is 9.64 Å². The van der Waals surface area contributed by atoms with Crippen molar-refractivity contribution in [2.75, 3.05) is 24.6 Å². The first-order valence-electron chi connectivity index (χ1n) is 12.7. The van der Waals surface area contributed by atoms with Gasteiger partial charge in [0.05, 0.1) is 17.1 Å². The summed E-state index contributed by atoms with van der Waals surface area (Å²) < 4.78 is 47.6. The Kier molecular flexibility index (Phi) is 5.87. The number of nitriles is 1. The van der Waals surface area contributed by atoms with E-state index in [1.807, 2.05) is 10.5 Å². The molecule has 0 N–H and O–H groups in total. The summed E-state index contributed by atoms with van der Waals surface area (Å²) in [7, 11) is 0. The van der Waals surface area contributed by atoms with Crippen molar-refractivity contribution in [1.29, 1.82) is 5.26 Å². The van der Waals surface area contributed by atoms with E-state index in [4.69, 9.17) is 4.74 Å². The molecular weight excluding hydrogens is 495 g/mol. The SMILES string of the molecule is CC[C@@H]1CN2c3c(c4nncn4c4ccc(C#N)nc34)OC[C@@H]2CN1[C@@H](CC)c1ccc(C(F)(F)F)cc1. The van der Waals surface area contributed by atoms with Gasteiger partial charge in [-0.2, -0.15) is 18.4 Å². The van der Waals surface area contributed by atoms with Crippen molar-refractivity contribution in [3.63, 3.8) is 0 Å². The molecule has 0 amide bonds. The van der Waals surface area contributed by atoms with E-state index < -0.39 is 11.7 Å². The summed E-state index contributed by atoms with van der Waals surface area (Å²) in [4.78, 5) is 9.38. The average Bonchev–Trinajstić information content (AvgIpc) is 3.42. The Hall–Kier alpha value is -3.91. The maximum absolute atomic E-state index is 13.2. The molecule has 2 aliphatic heterocycles. The second-order valence-electron chi connectivity index (χ2n) is 9.80. The van der Waals surface area contributed by atoms with E-state index in [2.05, 4.69) is 44.9 Å². The maximum Gasteiger partial charge on any atom is 0.416 e. The smallest absolute Gasteiger partial charge is 0.416 e. The zero-order valence-electron chi connectivity index (χ0n) is 21.0. The standard InChI is InChI=1S/C27H26F3N7O/c1-3-19-12-36-20(13-35(19)21(4-2)16-5-7-17(8-6-16)27(28,29)30)14-38-25-24(36)23-22(10-9-18(11-31)33-23)37-15-32-34-26(25)37/h5-10,15,19-21H,3-4,12-14H2,1-2H3/t19-,20+,21+/m1/s1. The van der Waals surface area contributed by atoms with Crippen molar-refractivity contribution < 1.29 is 17.9 Å². The van der Waals surface area contributed by atoms with Crippen molar-refractivity contribution in [3.8, 4) is 11.8 Å². The number of hydrogen-bond acceptors (Lipinski definition) is 7. The van der Waals surface area contributed by atoms with Gasteiger partial charge in [0.25, 0.3) is 0 Å². The lowest BCUT2D eigenvalue weighted by Gasteiger charge is -2.51. The van der Waals surface area contributed by atoms with Crippen LogP contribution in [0, 0.1) is 11.3 Å². The summed E-state index contributed by atoms with van der Waals surface area (Å²) in [6, 6.07) is 11.3. The van der Waals surface area contributed by atoms with Gasteiger partial charge in [0.15, 0.2) is 5.75 Å². The molecule has 1 fully saturated rings. The Morgan fingerprint density at radius 2 is 1.92 bits per heavy atom. The van der Waals surface area contributed by atoms with E-state index in [0.717, 1.165) is 29.6 Å². The van der Waals surface area contributed by atoms with Crippen LogP contribution in [-0.4, -0.2) is 56.3 Å². The van der Waals surface area contributed by atoms with Crippen LogP contribution >= 0.6 is 0 Å². The minimum absolute atomic E-state index is 0.00471. The fourth-order valence-electron chi connectivity index (χ4n) is 5.93. The fraction of sp³-hybridized carbons (Fsp3) is 0.407. The van der Waals surface area contributed by atoms with E-state index in [1.54, 1.807) is 24.5 Å². The van der Waals surface area contributed by atoms with Gasteiger partial charge in [0.2, 0.25) is 5.65 Å². The van der Waals surface area contributed by atoms with Gasteiger partial charge < -0.3 is 9.64 Å². The van der Waals surface area contributed by atoms with Gasteiger partial charge >= 0.3 is 6.18 Å². The molecule has 4 aromatic rings. The van der Waals surface area contributed by atoms with Crippen LogP contribution in [0.2, 0.25) is 0 Å². The largest absolute Gasteiger partial charge is 0.485 e. The fourth-order valence-corrected chi connectivity index (χ4v) is 5.93. The van der Waals surface area contributed by atoms with Gasteiger partial charge in [0.1, 0.15) is 35.9 Å². The molecule has 3 atom stereocenters. The zero-order chi connectivity index (χ0) is 26.6. The summed E-state index contributed by atoms with van der Waals surface area (Å²) in [5.41, 5.74) is 3.42. The number of halogens is 3. The minimum atomic E-state index is -4.36. The Bertz CT molecular complexity index is 1540. The third-order valence-electron chi connectivity index (χ3n) is 7.77. The molecule has 1 aromatic carbocycles. The summed E-state index contributed by atoms with van der Waals surface area (Å²) >= 11 is 0. The number of hydrogen-bond donors (Lipinski definition) is 0. The normalized spacial score (nSPS) is 20.6. The second kappa shape index (κ2) is 9.13. The quantitative estimate of drug-likeness (QED) is 0.375. The van der Waals surface area contributed by atoms with Crippen LogP contribution in [0.15, 0.2) is 42.7 Å².